The van der Waals surface area contributed by atoms with Gasteiger partial charge in [-0.1, -0.05) is 0 Å². The van der Waals surface area contributed by atoms with Gasteiger partial charge < -0.3 is 18.9 Å². The van der Waals surface area contributed by atoms with Crippen molar-refractivity contribution in [2.24, 2.45) is 0 Å². The summed E-state index contributed by atoms with van der Waals surface area (Å²) >= 11 is 0. The Morgan fingerprint density at radius 2 is 1.39 bits per heavy atom. The number of benzene rings is 1. The Morgan fingerprint density at radius 1 is 0.870 bits per heavy atom. The van der Waals surface area contributed by atoms with E-state index in [0.717, 1.165) is 4.90 Å². The molecular weight excluding hydrogens is 320 g/mol. The van der Waals surface area contributed by atoms with E-state index in [0.29, 0.717) is 35.8 Å². The van der Waals surface area contributed by atoms with E-state index in [1.807, 2.05) is 18.2 Å². The molecule has 0 aliphatic carbocycles. The van der Waals surface area contributed by atoms with Crippen LogP contribution in [0.25, 0.3) is 0 Å². The van der Waals surface area contributed by atoms with Crippen LogP contribution in [0.1, 0.15) is 12.8 Å². The highest BCUT2D eigenvalue weighted by Crippen LogP contribution is 2.31. The summed E-state index contributed by atoms with van der Waals surface area (Å²) in [6.07, 6.45) is 0.601. The van der Waals surface area contributed by atoms with E-state index in [2.05, 4.69) is 0 Å². The van der Waals surface area contributed by atoms with E-state index in [1.54, 1.807) is 14.2 Å². The predicted molar refractivity (Wildman–Crippen MR) is 88.2 cm³/mol. The Balaban J connectivity index is 2.92. The van der Waals surface area contributed by atoms with Gasteiger partial charge in [0.1, 0.15) is 11.5 Å². The van der Waals surface area contributed by atoms with Crippen LogP contribution in [0.3, 0.4) is 0 Å². The molecule has 0 aliphatic heterocycles. The average molecular weight is 343 g/mol. The van der Waals surface area contributed by atoms with Crippen LogP contribution in [0.5, 0.6) is 11.5 Å². The number of rotatable bonds is 9. The normalized spacial score (nSPS) is 10.3. The third-order valence-electron chi connectivity index (χ3n) is 3.25. The molecule has 6 nitrogen and oxygen atoms in total. The lowest BCUT2D eigenvalue weighted by Crippen LogP contribution is -2.19. The molecule has 1 aromatic rings. The SMILES string of the molecule is COC(=O)CC[S+](CCC(=O)OC)c1ccc(OC)c(OC)c1. The molecule has 0 N–H and O–H groups in total. The fourth-order valence-corrected chi connectivity index (χ4v) is 3.99. The fraction of sp³-hybridized carbons (Fsp3) is 0.500. The predicted octanol–water partition coefficient (Wildman–Crippen LogP) is 1.81. The van der Waals surface area contributed by atoms with Crippen LogP contribution in [-0.2, 0) is 30.0 Å². The molecule has 128 valence electrons. The zero-order chi connectivity index (χ0) is 17.2. The molecule has 1 rings (SSSR count). The third kappa shape index (κ3) is 6.02. The molecule has 0 fully saturated rings. The molecule has 0 bridgehead atoms. The topological polar surface area (TPSA) is 71.1 Å². The van der Waals surface area contributed by atoms with E-state index in [4.69, 9.17) is 18.9 Å². The number of carbonyl (C=O) groups excluding carboxylic acids is 2. The molecule has 0 aromatic heterocycles. The minimum absolute atomic E-state index is 0.263. The zero-order valence-electron chi connectivity index (χ0n) is 13.9. The first kappa shape index (κ1) is 19.2. The summed E-state index contributed by atoms with van der Waals surface area (Å²) in [5.41, 5.74) is 0. The first-order chi connectivity index (χ1) is 11.0. The van der Waals surface area contributed by atoms with Gasteiger partial charge >= 0.3 is 11.9 Å². The van der Waals surface area contributed by atoms with Gasteiger partial charge in [-0.15, -0.1) is 0 Å². The molecule has 0 unspecified atom stereocenters. The quantitative estimate of drug-likeness (QED) is 0.503. The Bertz CT molecular complexity index is 511. The van der Waals surface area contributed by atoms with Crippen molar-refractivity contribution in [2.45, 2.75) is 17.7 Å². The van der Waals surface area contributed by atoms with Crippen molar-refractivity contribution in [3.05, 3.63) is 18.2 Å². The summed E-state index contributed by atoms with van der Waals surface area (Å²) < 4.78 is 19.9. The fourth-order valence-electron chi connectivity index (χ4n) is 1.95. The number of carbonyl (C=O) groups is 2. The maximum atomic E-state index is 11.4. The maximum absolute atomic E-state index is 11.4. The van der Waals surface area contributed by atoms with Gasteiger partial charge in [0, 0.05) is 17.0 Å². The van der Waals surface area contributed by atoms with Crippen LogP contribution in [0.15, 0.2) is 23.1 Å². The molecule has 7 heteroatoms. The largest absolute Gasteiger partial charge is 0.493 e. The van der Waals surface area contributed by atoms with Crippen LogP contribution in [-0.4, -0.2) is 51.9 Å². The lowest BCUT2D eigenvalue weighted by atomic mass is 10.3. The van der Waals surface area contributed by atoms with Gasteiger partial charge in [0.05, 0.1) is 41.3 Å². The van der Waals surface area contributed by atoms with Gasteiger partial charge in [0.15, 0.2) is 16.4 Å². The van der Waals surface area contributed by atoms with Gasteiger partial charge in [-0.2, -0.15) is 0 Å². The lowest BCUT2D eigenvalue weighted by Gasteiger charge is -2.11. The summed E-state index contributed by atoms with van der Waals surface area (Å²) in [7, 11) is 5.59. The van der Waals surface area contributed by atoms with Crippen LogP contribution in [0.4, 0.5) is 0 Å². The van der Waals surface area contributed by atoms with Gasteiger partial charge in [0.25, 0.3) is 0 Å². The lowest BCUT2D eigenvalue weighted by molar-refractivity contribution is -0.140. The Kier molecular flexibility index (Phi) is 8.32. The summed E-state index contributed by atoms with van der Waals surface area (Å²) in [6, 6.07) is 5.64. The number of ether oxygens (including phenoxy) is 4. The number of methoxy groups -OCH3 is 4. The van der Waals surface area contributed by atoms with E-state index in [9.17, 15) is 9.59 Å². The molecule has 0 saturated heterocycles. The molecule has 0 atom stereocenters. The van der Waals surface area contributed by atoms with Gasteiger partial charge in [-0.3, -0.25) is 9.59 Å². The minimum Gasteiger partial charge on any atom is -0.493 e. The van der Waals surface area contributed by atoms with Crippen molar-refractivity contribution in [1.82, 2.24) is 0 Å². The highest BCUT2D eigenvalue weighted by Gasteiger charge is 2.26. The molecule has 0 aliphatic rings. The average Bonchev–Trinajstić information content (AvgIpc) is 2.60. The van der Waals surface area contributed by atoms with Crippen molar-refractivity contribution in [3.8, 4) is 11.5 Å². The van der Waals surface area contributed by atoms with E-state index < -0.39 is 0 Å². The summed E-state index contributed by atoms with van der Waals surface area (Å²) in [5, 5.41) is 0. The van der Waals surface area contributed by atoms with Crippen LogP contribution in [0, 0.1) is 0 Å². The smallest absolute Gasteiger partial charge is 0.310 e. The molecule has 0 saturated carbocycles. The van der Waals surface area contributed by atoms with Crippen molar-refractivity contribution < 1.29 is 28.5 Å². The standard InChI is InChI=1S/C16H23O6S/c1-19-13-6-5-12(11-14(13)20-2)23(9-7-15(17)21-3)10-8-16(18)22-4/h5-6,11H,7-10H2,1-4H3/q+1. The molecule has 0 heterocycles. The summed E-state index contributed by atoms with van der Waals surface area (Å²) in [4.78, 5) is 23.8. The van der Waals surface area contributed by atoms with Gasteiger partial charge in [-0.05, 0) is 12.1 Å². The van der Waals surface area contributed by atoms with Crippen LogP contribution < -0.4 is 9.47 Å². The minimum atomic E-state index is -0.292. The first-order valence-electron chi connectivity index (χ1n) is 7.08. The Labute approximate surface area is 139 Å². The first-order valence-corrected chi connectivity index (χ1v) is 8.65. The van der Waals surface area contributed by atoms with Crippen molar-refractivity contribution >= 4 is 22.8 Å². The number of hydrogen-bond acceptors (Lipinski definition) is 6. The van der Waals surface area contributed by atoms with E-state index >= 15 is 0 Å². The molecule has 1 aromatic carbocycles. The van der Waals surface area contributed by atoms with E-state index in [-0.39, 0.29) is 22.8 Å². The number of hydrogen-bond donors (Lipinski definition) is 0. The van der Waals surface area contributed by atoms with Crippen molar-refractivity contribution in [1.29, 1.82) is 0 Å². The molecule has 0 spiro atoms. The second kappa shape index (κ2) is 9.99. The Morgan fingerprint density at radius 3 is 1.83 bits per heavy atom. The van der Waals surface area contributed by atoms with Crippen LogP contribution >= 0.6 is 0 Å². The molecule has 23 heavy (non-hydrogen) atoms. The van der Waals surface area contributed by atoms with Gasteiger partial charge in [0.2, 0.25) is 0 Å². The summed E-state index contributed by atoms with van der Waals surface area (Å²) in [6.45, 7) is 0. The molecular formula is C16H23O6S+. The highest BCUT2D eigenvalue weighted by molar-refractivity contribution is 7.96. The van der Waals surface area contributed by atoms with Gasteiger partial charge in [-0.25, -0.2) is 0 Å². The maximum Gasteiger partial charge on any atom is 0.310 e. The molecule has 0 amide bonds. The Hall–Kier alpha value is -1.89. The van der Waals surface area contributed by atoms with Crippen molar-refractivity contribution in [2.75, 3.05) is 39.9 Å². The highest BCUT2D eigenvalue weighted by atomic mass is 32.2. The second-order valence-electron chi connectivity index (χ2n) is 4.57. The zero-order valence-corrected chi connectivity index (χ0v) is 14.7. The second-order valence-corrected chi connectivity index (χ2v) is 6.84. The third-order valence-corrected chi connectivity index (χ3v) is 5.56. The number of esters is 2. The van der Waals surface area contributed by atoms with Crippen LogP contribution in [0.2, 0.25) is 0 Å². The summed E-state index contributed by atoms with van der Waals surface area (Å²) in [5.74, 6) is 1.96. The van der Waals surface area contributed by atoms with E-state index in [1.165, 1.54) is 14.2 Å². The molecule has 0 radical (unpaired) electrons. The van der Waals surface area contributed by atoms with Crippen molar-refractivity contribution in [3.63, 3.8) is 0 Å². The monoisotopic (exact) mass is 343 g/mol.